The monoisotopic (exact) mass is 238 g/mol. The van der Waals surface area contributed by atoms with E-state index in [1.165, 1.54) is 0 Å². The Labute approximate surface area is 101 Å². The van der Waals surface area contributed by atoms with Crippen LogP contribution in [-0.2, 0) is 18.3 Å². The number of amides is 2. The second kappa shape index (κ2) is 4.37. The second-order valence-electron chi connectivity index (χ2n) is 4.66. The number of hydrogen-bond acceptors (Lipinski definition) is 3. The van der Waals surface area contributed by atoms with Gasteiger partial charge in [0.05, 0.1) is 31.7 Å². The summed E-state index contributed by atoms with van der Waals surface area (Å²) in [6, 6.07) is -0.0549. The third kappa shape index (κ3) is 2.41. The van der Waals surface area contributed by atoms with Gasteiger partial charge in [-0.25, -0.2) is 9.78 Å². The van der Waals surface area contributed by atoms with Crippen molar-refractivity contribution in [2.45, 2.75) is 19.1 Å². The fourth-order valence-corrected chi connectivity index (χ4v) is 1.87. The molecule has 2 amide bonds. The van der Waals surface area contributed by atoms with Crippen LogP contribution < -0.4 is 5.32 Å². The molecule has 6 nitrogen and oxygen atoms in total. The van der Waals surface area contributed by atoms with E-state index in [-0.39, 0.29) is 11.6 Å². The molecule has 1 aromatic rings. The Bertz CT molecular complexity index is 409. The first-order valence-electron chi connectivity index (χ1n) is 5.57. The van der Waals surface area contributed by atoms with Crippen LogP contribution in [0.15, 0.2) is 12.5 Å². The van der Waals surface area contributed by atoms with Gasteiger partial charge in [0.2, 0.25) is 0 Å². The van der Waals surface area contributed by atoms with E-state index in [0.29, 0.717) is 19.6 Å². The van der Waals surface area contributed by atoms with Crippen LogP contribution >= 0.6 is 0 Å². The number of nitrogens with zero attached hydrogens (tertiary/aromatic N) is 3. The Morgan fingerprint density at radius 3 is 2.88 bits per heavy atom. The van der Waals surface area contributed by atoms with Crippen LogP contribution in [0.2, 0.25) is 0 Å². The zero-order valence-electron chi connectivity index (χ0n) is 10.4. The van der Waals surface area contributed by atoms with Gasteiger partial charge in [-0.3, -0.25) is 0 Å². The average molecular weight is 238 g/mol. The van der Waals surface area contributed by atoms with Crippen LogP contribution in [0.5, 0.6) is 0 Å². The summed E-state index contributed by atoms with van der Waals surface area (Å²) in [5.74, 6) is 0. The molecule has 6 heteroatoms. The molecule has 2 rings (SSSR count). The molecule has 1 saturated heterocycles. The largest absolute Gasteiger partial charge is 0.375 e. The number of imidazole rings is 1. The lowest BCUT2D eigenvalue weighted by molar-refractivity contribution is -0.0910. The fourth-order valence-electron chi connectivity index (χ4n) is 1.87. The molecule has 0 bridgehead atoms. The van der Waals surface area contributed by atoms with Gasteiger partial charge < -0.3 is 19.5 Å². The first-order chi connectivity index (χ1) is 8.04. The normalized spacial score (nSPS) is 17.7. The van der Waals surface area contributed by atoms with Crippen LogP contribution in [0.4, 0.5) is 4.79 Å². The summed E-state index contributed by atoms with van der Waals surface area (Å²) in [6.45, 7) is 3.77. The Kier molecular flexibility index (Phi) is 3.06. The predicted octanol–water partition coefficient (Wildman–Crippen LogP) is 0.350. The van der Waals surface area contributed by atoms with Crippen molar-refractivity contribution in [3.8, 4) is 0 Å². The average Bonchev–Trinajstić information content (AvgIpc) is 2.67. The Morgan fingerprint density at radius 2 is 2.35 bits per heavy atom. The van der Waals surface area contributed by atoms with E-state index in [1.807, 2.05) is 18.5 Å². The number of urea groups is 1. The molecule has 1 N–H and O–H groups in total. The van der Waals surface area contributed by atoms with Gasteiger partial charge >= 0.3 is 6.03 Å². The lowest BCUT2D eigenvalue weighted by atomic mass is 9.97. The molecule has 0 unspecified atom stereocenters. The summed E-state index contributed by atoms with van der Waals surface area (Å²) in [5, 5.41) is 2.86. The molecular weight excluding hydrogens is 220 g/mol. The number of hydrogen-bond donors (Lipinski definition) is 1. The minimum atomic E-state index is -0.177. The van der Waals surface area contributed by atoms with Crippen molar-refractivity contribution in [2.75, 3.05) is 20.2 Å². The number of rotatable bonds is 3. The van der Waals surface area contributed by atoms with Crippen LogP contribution in [0.1, 0.15) is 12.6 Å². The van der Waals surface area contributed by atoms with E-state index in [1.54, 1.807) is 24.5 Å². The maximum Gasteiger partial charge on any atom is 0.317 e. The first kappa shape index (κ1) is 11.9. The van der Waals surface area contributed by atoms with Crippen molar-refractivity contribution in [2.24, 2.45) is 7.05 Å². The summed E-state index contributed by atoms with van der Waals surface area (Å²) >= 11 is 0. The van der Waals surface area contributed by atoms with Gasteiger partial charge in [0.15, 0.2) is 0 Å². The summed E-state index contributed by atoms with van der Waals surface area (Å²) in [5.41, 5.74) is 0.803. The number of likely N-dealkylation sites (tertiary alicyclic amines) is 1. The van der Waals surface area contributed by atoms with E-state index in [4.69, 9.17) is 4.74 Å². The molecule has 1 aromatic heterocycles. The highest BCUT2D eigenvalue weighted by molar-refractivity contribution is 5.75. The van der Waals surface area contributed by atoms with Crippen molar-refractivity contribution >= 4 is 6.03 Å². The maximum atomic E-state index is 11.8. The standard InChI is InChI=1S/C11H18N4O2/c1-11(17-3)6-15(7-11)10(16)13-5-9-4-12-8-14(9)2/h4,8H,5-7H2,1-3H3,(H,13,16). The highest BCUT2D eigenvalue weighted by Crippen LogP contribution is 2.23. The molecule has 17 heavy (non-hydrogen) atoms. The number of aromatic nitrogens is 2. The third-order valence-corrected chi connectivity index (χ3v) is 3.17. The van der Waals surface area contributed by atoms with Gasteiger partial charge in [-0.05, 0) is 6.92 Å². The van der Waals surface area contributed by atoms with Crippen molar-refractivity contribution in [3.05, 3.63) is 18.2 Å². The zero-order valence-corrected chi connectivity index (χ0v) is 10.4. The number of nitrogens with one attached hydrogen (secondary N) is 1. The van der Waals surface area contributed by atoms with E-state index in [2.05, 4.69) is 10.3 Å². The van der Waals surface area contributed by atoms with Gasteiger partial charge in [-0.1, -0.05) is 0 Å². The number of aryl methyl sites for hydroxylation is 1. The quantitative estimate of drug-likeness (QED) is 0.826. The van der Waals surface area contributed by atoms with Crippen LogP contribution in [0, 0.1) is 0 Å². The highest BCUT2D eigenvalue weighted by atomic mass is 16.5. The Morgan fingerprint density at radius 1 is 1.65 bits per heavy atom. The maximum absolute atomic E-state index is 11.8. The zero-order chi connectivity index (χ0) is 12.5. The van der Waals surface area contributed by atoms with Gasteiger partial charge in [0.25, 0.3) is 0 Å². The summed E-state index contributed by atoms with van der Waals surface area (Å²) < 4.78 is 7.17. The number of carbonyl (C=O) groups is 1. The first-order valence-corrected chi connectivity index (χ1v) is 5.57. The molecule has 0 atom stereocenters. The molecule has 0 spiro atoms. The molecular formula is C11H18N4O2. The fraction of sp³-hybridized carbons (Fsp3) is 0.636. The number of methoxy groups -OCH3 is 1. The third-order valence-electron chi connectivity index (χ3n) is 3.17. The Hall–Kier alpha value is -1.56. The molecule has 1 aliphatic rings. The summed E-state index contributed by atoms with van der Waals surface area (Å²) in [6.07, 6.45) is 3.46. The topological polar surface area (TPSA) is 59.4 Å². The minimum absolute atomic E-state index is 0.0549. The van der Waals surface area contributed by atoms with Gasteiger partial charge in [0.1, 0.15) is 5.60 Å². The van der Waals surface area contributed by atoms with Crippen LogP contribution in [-0.4, -0.2) is 46.3 Å². The van der Waals surface area contributed by atoms with Crippen LogP contribution in [0.3, 0.4) is 0 Å². The second-order valence-corrected chi connectivity index (χ2v) is 4.66. The van der Waals surface area contributed by atoms with Crippen molar-refractivity contribution in [1.29, 1.82) is 0 Å². The minimum Gasteiger partial charge on any atom is -0.375 e. The van der Waals surface area contributed by atoms with E-state index in [0.717, 1.165) is 5.69 Å². The summed E-state index contributed by atoms with van der Waals surface area (Å²) in [4.78, 5) is 17.5. The number of ether oxygens (including phenoxy) is 1. The van der Waals surface area contributed by atoms with Gasteiger partial charge in [-0.15, -0.1) is 0 Å². The molecule has 1 fully saturated rings. The lowest BCUT2D eigenvalue weighted by Gasteiger charge is -2.46. The van der Waals surface area contributed by atoms with Gasteiger partial charge in [0, 0.05) is 20.4 Å². The highest BCUT2D eigenvalue weighted by Gasteiger charge is 2.41. The Balaban J connectivity index is 1.78. The molecule has 0 aliphatic carbocycles. The molecule has 0 saturated carbocycles. The molecule has 94 valence electrons. The lowest BCUT2D eigenvalue weighted by Crippen LogP contribution is -2.64. The molecule has 0 radical (unpaired) electrons. The van der Waals surface area contributed by atoms with E-state index in [9.17, 15) is 4.79 Å². The number of carbonyl (C=O) groups excluding carboxylic acids is 1. The van der Waals surface area contributed by atoms with E-state index < -0.39 is 0 Å². The predicted molar refractivity (Wildman–Crippen MR) is 62.4 cm³/mol. The van der Waals surface area contributed by atoms with Crippen molar-refractivity contribution in [3.63, 3.8) is 0 Å². The molecule has 2 heterocycles. The van der Waals surface area contributed by atoms with Crippen molar-refractivity contribution < 1.29 is 9.53 Å². The summed E-state index contributed by atoms with van der Waals surface area (Å²) in [7, 11) is 3.57. The van der Waals surface area contributed by atoms with Gasteiger partial charge in [-0.2, -0.15) is 0 Å². The van der Waals surface area contributed by atoms with E-state index >= 15 is 0 Å². The van der Waals surface area contributed by atoms with Crippen molar-refractivity contribution in [1.82, 2.24) is 19.8 Å². The molecule has 0 aromatic carbocycles. The van der Waals surface area contributed by atoms with Crippen LogP contribution in [0.25, 0.3) is 0 Å². The smallest absolute Gasteiger partial charge is 0.317 e. The molecule has 1 aliphatic heterocycles. The SMILES string of the molecule is COC1(C)CN(C(=O)NCc2cncn2C)C1.